The molecule has 2 rings (SSSR count). The largest absolute Gasteiger partial charge is 0.478 e. The standard InChI is InChI=1S/C14H14N2O4/c1-8-12(20-9(2)15-8)13(17)16(3)11-6-4-10(5-7-11)14(18)19/h4-7H,1-3H3,(H,18,19). The third-order valence-corrected chi connectivity index (χ3v) is 2.90. The van der Waals surface area contributed by atoms with Crippen LogP contribution >= 0.6 is 0 Å². The van der Waals surface area contributed by atoms with Gasteiger partial charge in [0, 0.05) is 19.7 Å². The molecule has 1 aromatic heterocycles. The molecular formula is C14H14N2O4. The predicted octanol–water partition coefficient (Wildman–Crippen LogP) is 2.27. The number of aromatic nitrogens is 1. The summed E-state index contributed by atoms with van der Waals surface area (Å²) in [5.74, 6) is -0.716. The fraction of sp³-hybridized carbons (Fsp3) is 0.214. The molecule has 0 aliphatic rings. The summed E-state index contributed by atoms with van der Waals surface area (Å²) in [6, 6.07) is 6.03. The Morgan fingerprint density at radius 1 is 1.20 bits per heavy atom. The Morgan fingerprint density at radius 2 is 1.80 bits per heavy atom. The highest BCUT2D eigenvalue weighted by Crippen LogP contribution is 2.19. The van der Waals surface area contributed by atoms with Gasteiger partial charge in [0.25, 0.3) is 5.91 Å². The van der Waals surface area contributed by atoms with Gasteiger partial charge < -0.3 is 14.4 Å². The van der Waals surface area contributed by atoms with Gasteiger partial charge in [-0.05, 0) is 31.2 Å². The van der Waals surface area contributed by atoms with Crippen LogP contribution in [0.25, 0.3) is 0 Å². The van der Waals surface area contributed by atoms with Gasteiger partial charge >= 0.3 is 5.97 Å². The Labute approximate surface area is 115 Å². The van der Waals surface area contributed by atoms with Crippen LogP contribution in [0.5, 0.6) is 0 Å². The lowest BCUT2D eigenvalue weighted by atomic mass is 10.2. The number of nitrogens with zero attached hydrogens (tertiary/aromatic N) is 2. The van der Waals surface area contributed by atoms with Crippen LogP contribution in [0, 0.1) is 13.8 Å². The van der Waals surface area contributed by atoms with Crippen molar-refractivity contribution in [3.8, 4) is 0 Å². The SMILES string of the molecule is Cc1nc(C)c(C(=O)N(C)c2ccc(C(=O)O)cc2)o1. The number of carbonyl (C=O) groups is 2. The lowest BCUT2D eigenvalue weighted by Crippen LogP contribution is -2.26. The van der Waals surface area contributed by atoms with Crippen molar-refractivity contribution in [3.63, 3.8) is 0 Å². The molecule has 0 aliphatic heterocycles. The van der Waals surface area contributed by atoms with Crippen LogP contribution in [0.1, 0.15) is 32.5 Å². The van der Waals surface area contributed by atoms with Gasteiger partial charge in [-0.1, -0.05) is 0 Å². The van der Waals surface area contributed by atoms with E-state index in [4.69, 9.17) is 9.52 Å². The molecule has 0 atom stereocenters. The van der Waals surface area contributed by atoms with Crippen LogP contribution < -0.4 is 4.90 Å². The number of aryl methyl sites for hydroxylation is 2. The van der Waals surface area contributed by atoms with E-state index in [1.807, 2.05) is 0 Å². The van der Waals surface area contributed by atoms with Crippen molar-refractivity contribution < 1.29 is 19.1 Å². The second-order valence-corrected chi connectivity index (χ2v) is 4.36. The van der Waals surface area contributed by atoms with Crippen molar-refractivity contribution in [3.05, 3.63) is 47.2 Å². The van der Waals surface area contributed by atoms with E-state index in [1.54, 1.807) is 33.0 Å². The summed E-state index contributed by atoms with van der Waals surface area (Å²) in [4.78, 5) is 28.5. The zero-order valence-electron chi connectivity index (χ0n) is 11.4. The van der Waals surface area contributed by atoms with E-state index in [2.05, 4.69) is 4.98 Å². The third-order valence-electron chi connectivity index (χ3n) is 2.90. The molecular weight excluding hydrogens is 260 g/mol. The van der Waals surface area contributed by atoms with Crippen molar-refractivity contribution in [1.82, 2.24) is 4.98 Å². The average Bonchev–Trinajstić information content (AvgIpc) is 2.76. The number of aromatic carboxylic acids is 1. The summed E-state index contributed by atoms with van der Waals surface area (Å²) >= 11 is 0. The van der Waals surface area contributed by atoms with Crippen molar-refractivity contribution in [2.45, 2.75) is 13.8 Å². The van der Waals surface area contributed by atoms with Crippen LogP contribution in [0.15, 0.2) is 28.7 Å². The molecule has 1 aromatic carbocycles. The fourth-order valence-electron chi connectivity index (χ4n) is 1.83. The molecule has 6 heteroatoms. The van der Waals surface area contributed by atoms with Gasteiger partial charge in [0.2, 0.25) is 5.76 Å². The first-order valence-electron chi connectivity index (χ1n) is 5.95. The van der Waals surface area contributed by atoms with E-state index in [-0.39, 0.29) is 17.2 Å². The first kappa shape index (κ1) is 13.8. The maximum atomic E-state index is 12.3. The van der Waals surface area contributed by atoms with E-state index in [1.165, 1.54) is 17.0 Å². The third kappa shape index (κ3) is 2.54. The van der Waals surface area contributed by atoms with Crippen molar-refractivity contribution >= 4 is 17.6 Å². The van der Waals surface area contributed by atoms with Crippen LogP contribution in [-0.4, -0.2) is 29.0 Å². The van der Waals surface area contributed by atoms with Crippen molar-refractivity contribution in [1.29, 1.82) is 0 Å². The lowest BCUT2D eigenvalue weighted by molar-refractivity contribution is 0.0696. The van der Waals surface area contributed by atoms with Crippen LogP contribution in [0.2, 0.25) is 0 Å². The van der Waals surface area contributed by atoms with Gasteiger partial charge in [0.05, 0.1) is 11.3 Å². The zero-order valence-corrected chi connectivity index (χ0v) is 11.4. The molecule has 20 heavy (non-hydrogen) atoms. The number of hydrogen-bond donors (Lipinski definition) is 1. The quantitative estimate of drug-likeness (QED) is 0.928. The molecule has 0 saturated heterocycles. The maximum absolute atomic E-state index is 12.3. The number of anilines is 1. The topological polar surface area (TPSA) is 83.6 Å². The first-order valence-corrected chi connectivity index (χ1v) is 5.95. The molecule has 1 amide bonds. The van der Waals surface area contributed by atoms with E-state index >= 15 is 0 Å². The van der Waals surface area contributed by atoms with E-state index in [0.29, 0.717) is 17.3 Å². The van der Waals surface area contributed by atoms with E-state index < -0.39 is 5.97 Å². The molecule has 0 fully saturated rings. The summed E-state index contributed by atoms with van der Waals surface area (Å²) < 4.78 is 5.28. The highest BCUT2D eigenvalue weighted by molar-refractivity contribution is 6.04. The summed E-state index contributed by atoms with van der Waals surface area (Å²) in [5.41, 5.74) is 1.27. The van der Waals surface area contributed by atoms with Gasteiger partial charge in [-0.2, -0.15) is 0 Å². The Kier molecular flexibility index (Phi) is 3.56. The van der Waals surface area contributed by atoms with Gasteiger partial charge in [-0.3, -0.25) is 4.79 Å². The van der Waals surface area contributed by atoms with Gasteiger partial charge in [0.15, 0.2) is 5.89 Å². The summed E-state index contributed by atoms with van der Waals surface area (Å²) in [5, 5.41) is 8.84. The minimum absolute atomic E-state index is 0.168. The van der Waals surface area contributed by atoms with Gasteiger partial charge in [-0.15, -0.1) is 0 Å². The number of carboxylic acid groups (broad SMARTS) is 1. The summed E-state index contributed by atoms with van der Waals surface area (Å²) in [7, 11) is 1.59. The predicted molar refractivity (Wildman–Crippen MR) is 72.1 cm³/mol. The highest BCUT2D eigenvalue weighted by Gasteiger charge is 2.21. The molecule has 0 radical (unpaired) electrons. The van der Waals surface area contributed by atoms with Crippen LogP contribution in [-0.2, 0) is 0 Å². The molecule has 1 N–H and O–H groups in total. The maximum Gasteiger partial charge on any atom is 0.335 e. The molecule has 0 unspecified atom stereocenters. The number of oxazole rings is 1. The first-order chi connectivity index (χ1) is 9.40. The molecule has 1 heterocycles. The Hall–Kier alpha value is -2.63. The lowest BCUT2D eigenvalue weighted by Gasteiger charge is -2.16. The number of rotatable bonds is 3. The Bertz CT molecular complexity index is 658. The number of amides is 1. The molecule has 0 aliphatic carbocycles. The Morgan fingerprint density at radius 3 is 2.25 bits per heavy atom. The van der Waals surface area contributed by atoms with Crippen LogP contribution in [0.3, 0.4) is 0 Å². The second-order valence-electron chi connectivity index (χ2n) is 4.36. The van der Waals surface area contributed by atoms with Crippen LogP contribution in [0.4, 0.5) is 5.69 Å². The Balaban J connectivity index is 2.26. The monoisotopic (exact) mass is 274 g/mol. The van der Waals surface area contributed by atoms with Crippen molar-refractivity contribution in [2.75, 3.05) is 11.9 Å². The summed E-state index contributed by atoms with van der Waals surface area (Å²) in [6.07, 6.45) is 0. The van der Waals surface area contributed by atoms with Gasteiger partial charge in [-0.25, -0.2) is 9.78 Å². The molecule has 0 bridgehead atoms. The number of carboxylic acids is 1. The number of benzene rings is 1. The van der Waals surface area contributed by atoms with Gasteiger partial charge in [0.1, 0.15) is 0 Å². The minimum atomic E-state index is -1.01. The van der Waals surface area contributed by atoms with E-state index in [0.717, 1.165) is 0 Å². The number of carbonyl (C=O) groups excluding carboxylic acids is 1. The smallest absolute Gasteiger partial charge is 0.335 e. The second kappa shape index (κ2) is 5.16. The highest BCUT2D eigenvalue weighted by atomic mass is 16.4. The molecule has 2 aromatic rings. The normalized spacial score (nSPS) is 10.3. The molecule has 104 valence electrons. The molecule has 0 saturated carbocycles. The number of hydrogen-bond acceptors (Lipinski definition) is 4. The fourth-order valence-corrected chi connectivity index (χ4v) is 1.83. The zero-order chi connectivity index (χ0) is 14.9. The van der Waals surface area contributed by atoms with Crippen molar-refractivity contribution in [2.24, 2.45) is 0 Å². The summed E-state index contributed by atoms with van der Waals surface area (Å²) in [6.45, 7) is 3.37. The molecule has 0 spiro atoms. The average molecular weight is 274 g/mol. The van der Waals surface area contributed by atoms with E-state index in [9.17, 15) is 9.59 Å². The molecule has 6 nitrogen and oxygen atoms in total. The minimum Gasteiger partial charge on any atom is -0.478 e.